The fourth-order valence-corrected chi connectivity index (χ4v) is 2.67. The number of aromatic hydroxyl groups is 1. The van der Waals surface area contributed by atoms with Crippen molar-refractivity contribution < 1.29 is 14.6 Å². The predicted molar refractivity (Wildman–Crippen MR) is 100 cm³/mol. The summed E-state index contributed by atoms with van der Waals surface area (Å²) in [4.78, 5) is 20.2. The highest BCUT2D eigenvalue weighted by Gasteiger charge is 2.23. The minimum Gasteiger partial charge on any atom is -0.508 e. The Labute approximate surface area is 152 Å². The molecule has 1 atom stereocenters. The molecule has 0 fully saturated rings. The average Bonchev–Trinajstić information content (AvgIpc) is 2.98. The van der Waals surface area contributed by atoms with Crippen LogP contribution in [0.3, 0.4) is 0 Å². The maximum absolute atomic E-state index is 12.3. The number of carbonyl (C=O) groups is 1. The van der Waals surface area contributed by atoms with Gasteiger partial charge in [0.2, 0.25) is 0 Å². The molecule has 1 unspecified atom stereocenters. The number of alkyl carbamates (subject to hydrolysis) is 1. The third-order valence-corrected chi connectivity index (χ3v) is 3.80. The van der Waals surface area contributed by atoms with Crippen LogP contribution in [0.25, 0.3) is 11.0 Å². The number of ether oxygens (including phenoxy) is 1. The van der Waals surface area contributed by atoms with Gasteiger partial charge >= 0.3 is 6.09 Å². The maximum Gasteiger partial charge on any atom is 0.408 e. The van der Waals surface area contributed by atoms with Crippen molar-refractivity contribution in [3.05, 3.63) is 59.9 Å². The van der Waals surface area contributed by atoms with Crippen molar-refractivity contribution >= 4 is 17.1 Å². The number of imidazole rings is 1. The second kappa shape index (κ2) is 7.07. The zero-order chi connectivity index (χ0) is 18.7. The molecular formula is C20H23N3O3. The van der Waals surface area contributed by atoms with Gasteiger partial charge in [-0.25, -0.2) is 9.78 Å². The van der Waals surface area contributed by atoms with Crippen LogP contribution in [0.5, 0.6) is 5.75 Å². The summed E-state index contributed by atoms with van der Waals surface area (Å²) in [6.45, 7) is 5.47. The van der Waals surface area contributed by atoms with E-state index in [1.807, 2.05) is 57.2 Å². The summed E-state index contributed by atoms with van der Waals surface area (Å²) in [7, 11) is 0. The van der Waals surface area contributed by atoms with Crippen LogP contribution in [0.15, 0.2) is 48.5 Å². The first-order chi connectivity index (χ1) is 12.3. The number of phenols is 1. The molecule has 0 radical (unpaired) electrons. The number of hydrogen-bond acceptors (Lipinski definition) is 4. The summed E-state index contributed by atoms with van der Waals surface area (Å²) in [5.41, 5.74) is 2.12. The van der Waals surface area contributed by atoms with Gasteiger partial charge < -0.3 is 20.1 Å². The van der Waals surface area contributed by atoms with Crippen LogP contribution < -0.4 is 5.32 Å². The summed E-state index contributed by atoms with van der Waals surface area (Å²) >= 11 is 0. The lowest BCUT2D eigenvalue weighted by molar-refractivity contribution is 0.0501. The van der Waals surface area contributed by atoms with Crippen LogP contribution in [0, 0.1) is 0 Å². The monoisotopic (exact) mass is 353 g/mol. The fraction of sp³-hybridized carbons (Fsp3) is 0.300. The number of carbonyl (C=O) groups excluding carboxylic acids is 1. The zero-order valence-corrected chi connectivity index (χ0v) is 15.1. The Bertz CT molecular complexity index is 862. The van der Waals surface area contributed by atoms with E-state index in [1.165, 1.54) is 0 Å². The lowest BCUT2D eigenvalue weighted by atomic mass is 10.1. The Kier molecular flexibility index (Phi) is 4.84. The Morgan fingerprint density at radius 3 is 2.54 bits per heavy atom. The molecule has 1 heterocycles. The molecular weight excluding hydrogens is 330 g/mol. The van der Waals surface area contributed by atoms with Crippen molar-refractivity contribution in [2.75, 3.05) is 0 Å². The van der Waals surface area contributed by atoms with Crippen LogP contribution in [-0.4, -0.2) is 26.8 Å². The predicted octanol–water partition coefficient (Wildman–Crippen LogP) is 4.08. The van der Waals surface area contributed by atoms with Crippen LogP contribution in [0.2, 0.25) is 0 Å². The molecule has 0 aliphatic heterocycles. The van der Waals surface area contributed by atoms with Crippen LogP contribution >= 0.6 is 0 Å². The van der Waals surface area contributed by atoms with Crippen LogP contribution in [-0.2, 0) is 11.2 Å². The third kappa shape index (κ3) is 4.53. The lowest BCUT2D eigenvalue weighted by Gasteiger charge is -2.23. The second-order valence-corrected chi connectivity index (χ2v) is 7.21. The van der Waals surface area contributed by atoms with Crippen molar-refractivity contribution in [1.29, 1.82) is 0 Å². The molecule has 0 aliphatic carbocycles. The number of para-hydroxylation sites is 2. The highest BCUT2D eigenvalue weighted by atomic mass is 16.6. The number of hydrogen-bond donors (Lipinski definition) is 3. The molecule has 0 saturated heterocycles. The van der Waals surface area contributed by atoms with E-state index >= 15 is 0 Å². The summed E-state index contributed by atoms with van der Waals surface area (Å²) in [6.07, 6.45) is 0.0148. The second-order valence-electron chi connectivity index (χ2n) is 7.21. The van der Waals surface area contributed by atoms with Gasteiger partial charge in [-0.2, -0.15) is 0 Å². The number of benzene rings is 2. The summed E-state index contributed by atoms with van der Waals surface area (Å²) < 4.78 is 5.39. The normalized spacial score (nSPS) is 12.7. The fourth-order valence-electron chi connectivity index (χ4n) is 2.67. The molecule has 0 aliphatic rings. The Hall–Kier alpha value is -3.02. The number of amides is 1. The lowest BCUT2D eigenvalue weighted by Crippen LogP contribution is -2.36. The Morgan fingerprint density at radius 1 is 1.19 bits per heavy atom. The number of H-pyrrole nitrogens is 1. The highest BCUT2D eigenvalue weighted by Crippen LogP contribution is 2.21. The van der Waals surface area contributed by atoms with E-state index in [4.69, 9.17) is 4.74 Å². The van der Waals surface area contributed by atoms with E-state index in [9.17, 15) is 9.90 Å². The highest BCUT2D eigenvalue weighted by molar-refractivity contribution is 5.75. The van der Waals surface area contributed by atoms with Gasteiger partial charge in [0.15, 0.2) is 0 Å². The molecule has 2 aromatic carbocycles. The summed E-state index contributed by atoms with van der Waals surface area (Å²) in [6, 6.07) is 14.2. The molecule has 0 bridgehead atoms. The van der Waals surface area contributed by atoms with Crippen LogP contribution in [0.1, 0.15) is 38.2 Å². The molecule has 1 amide bonds. The standard InChI is InChI=1S/C20H23N3O3/c1-20(2,3)26-19(25)23-17(12-13-8-10-14(24)11-9-13)18-21-15-6-4-5-7-16(15)22-18/h4-11,17,24H,12H2,1-3H3,(H,21,22)(H,23,25). The minimum absolute atomic E-state index is 0.203. The first kappa shape index (κ1) is 17.8. The Morgan fingerprint density at radius 2 is 1.88 bits per heavy atom. The molecule has 3 aromatic rings. The number of nitrogens with zero attached hydrogens (tertiary/aromatic N) is 1. The summed E-state index contributed by atoms with van der Waals surface area (Å²) in [5, 5.41) is 12.4. The van der Waals surface area contributed by atoms with Crippen molar-refractivity contribution in [2.24, 2.45) is 0 Å². The first-order valence-electron chi connectivity index (χ1n) is 8.52. The molecule has 0 spiro atoms. The number of rotatable bonds is 4. The molecule has 6 nitrogen and oxygen atoms in total. The molecule has 0 saturated carbocycles. The van der Waals surface area contributed by atoms with Gasteiger partial charge in [-0.3, -0.25) is 0 Å². The topological polar surface area (TPSA) is 87.2 Å². The van der Waals surface area contributed by atoms with E-state index in [0.717, 1.165) is 16.6 Å². The first-order valence-corrected chi connectivity index (χ1v) is 8.52. The number of aromatic nitrogens is 2. The third-order valence-electron chi connectivity index (χ3n) is 3.80. The van der Waals surface area contributed by atoms with Gasteiger partial charge in [0.1, 0.15) is 17.2 Å². The average molecular weight is 353 g/mol. The Balaban J connectivity index is 1.87. The molecule has 3 N–H and O–H groups in total. The molecule has 1 aromatic heterocycles. The SMILES string of the molecule is CC(C)(C)OC(=O)NC(Cc1ccc(O)cc1)c1nc2ccccc2[nH]1. The van der Waals surface area contributed by atoms with Crippen LogP contribution in [0.4, 0.5) is 4.79 Å². The van der Waals surface area contributed by atoms with Gasteiger partial charge in [0.25, 0.3) is 0 Å². The number of aromatic amines is 1. The van der Waals surface area contributed by atoms with Gasteiger partial charge in [-0.05, 0) is 50.6 Å². The van der Waals surface area contributed by atoms with Gasteiger partial charge in [0.05, 0.1) is 17.1 Å². The quantitative estimate of drug-likeness (QED) is 0.659. The zero-order valence-electron chi connectivity index (χ0n) is 15.1. The number of fused-ring (bicyclic) bond motifs is 1. The van der Waals surface area contributed by atoms with Gasteiger partial charge in [-0.1, -0.05) is 24.3 Å². The van der Waals surface area contributed by atoms with Gasteiger partial charge in [0, 0.05) is 6.42 Å². The van der Waals surface area contributed by atoms with E-state index in [1.54, 1.807) is 12.1 Å². The van der Waals surface area contributed by atoms with E-state index < -0.39 is 11.7 Å². The molecule has 136 valence electrons. The van der Waals surface area contributed by atoms with Crippen molar-refractivity contribution in [1.82, 2.24) is 15.3 Å². The van der Waals surface area contributed by atoms with Crippen molar-refractivity contribution in [3.63, 3.8) is 0 Å². The molecule has 6 heteroatoms. The molecule has 26 heavy (non-hydrogen) atoms. The van der Waals surface area contributed by atoms with E-state index in [0.29, 0.717) is 12.2 Å². The van der Waals surface area contributed by atoms with Crippen molar-refractivity contribution in [3.8, 4) is 5.75 Å². The number of phenolic OH excluding ortho intramolecular Hbond substituents is 1. The smallest absolute Gasteiger partial charge is 0.408 e. The maximum atomic E-state index is 12.3. The van der Waals surface area contributed by atoms with E-state index in [-0.39, 0.29) is 11.8 Å². The van der Waals surface area contributed by atoms with Gasteiger partial charge in [-0.15, -0.1) is 0 Å². The largest absolute Gasteiger partial charge is 0.508 e. The van der Waals surface area contributed by atoms with Crippen molar-refractivity contribution in [2.45, 2.75) is 38.8 Å². The minimum atomic E-state index is -0.582. The van der Waals surface area contributed by atoms with E-state index in [2.05, 4.69) is 15.3 Å². The number of nitrogens with one attached hydrogen (secondary N) is 2. The molecule has 3 rings (SSSR count). The summed E-state index contributed by atoms with van der Waals surface area (Å²) in [5.74, 6) is 0.860.